The Hall–Kier alpha value is -1.36. The lowest BCUT2D eigenvalue weighted by atomic mass is 10.1. The Morgan fingerprint density at radius 3 is 3.07 bits per heavy atom. The Morgan fingerprint density at radius 2 is 2.36 bits per heavy atom. The molecule has 0 radical (unpaired) electrons. The first-order valence-electron chi connectivity index (χ1n) is 4.42. The van der Waals surface area contributed by atoms with E-state index in [0.717, 1.165) is 25.1 Å². The Bertz CT molecular complexity index is 398. The maximum Gasteiger partial charge on any atom is 0.337 e. The van der Waals surface area contributed by atoms with Gasteiger partial charge < -0.3 is 15.4 Å². The van der Waals surface area contributed by atoms with Crippen molar-refractivity contribution in [3.63, 3.8) is 0 Å². The average molecular weight is 210 g/mol. The van der Waals surface area contributed by atoms with E-state index in [-0.39, 0.29) is 5.56 Å². The summed E-state index contributed by atoms with van der Waals surface area (Å²) >= 11 is 5.11. The Balaban J connectivity index is 2.52. The second-order valence-corrected chi connectivity index (χ2v) is 3.63. The first kappa shape index (κ1) is 9.21. The van der Waals surface area contributed by atoms with Crippen molar-refractivity contribution in [2.75, 3.05) is 6.54 Å². The minimum atomic E-state index is -0.937. The molecule has 74 valence electrons. The molecular formula is C9H10N2O2S. The maximum atomic E-state index is 10.9. The van der Waals surface area contributed by atoms with Crippen LogP contribution in [0.25, 0.3) is 0 Å². The fourth-order valence-electron chi connectivity index (χ4n) is 1.65. The van der Waals surface area contributed by atoms with Crippen LogP contribution in [0, 0.1) is 0 Å². The van der Waals surface area contributed by atoms with Crippen molar-refractivity contribution in [3.05, 3.63) is 23.0 Å². The molecule has 0 spiro atoms. The van der Waals surface area contributed by atoms with Gasteiger partial charge in [0.15, 0.2) is 0 Å². The molecule has 1 aromatic heterocycles. The number of rotatable bonds is 1. The van der Waals surface area contributed by atoms with E-state index in [4.69, 9.17) is 17.3 Å². The van der Waals surface area contributed by atoms with Crippen molar-refractivity contribution < 1.29 is 9.90 Å². The lowest BCUT2D eigenvalue weighted by molar-refractivity contribution is 0.0697. The molecule has 4 nitrogen and oxygen atoms in total. The Labute approximate surface area is 86.3 Å². The van der Waals surface area contributed by atoms with E-state index in [2.05, 4.69) is 10.3 Å². The second kappa shape index (κ2) is 3.42. The van der Waals surface area contributed by atoms with Gasteiger partial charge in [0.05, 0.1) is 5.56 Å². The smallest absolute Gasteiger partial charge is 0.337 e. The number of aryl methyl sites for hydroxylation is 1. The highest BCUT2D eigenvalue weighted by Crippen LogP contribution is 2.18. The minimum Gasteiger partial charge on any atom is -0.478 e. The van der Waals surface area contributed by atoms with Crippen LogP contribution in [-0.2, 0) is 6.42 Å². The van der Waals surface area contributed by atoms with E-state index in [1.54, 1.807) is 0 Å². The third-order valence-corrected chi connectivity index (χ3v) is 2.66. The molecule has 0 unspecified atom stereocenters. The zero-order valence-corrected chi connectivity index (χ0v) is 8.28. The quantitative estimate of drug-likeness (QED) is 0.603. The molecule has 0 fully saturated rings. The zero-order valence-electron chi connectivity index (χ0n) is 7.46. The minimum absolute atomic E-state index is 0.263. The van der Waals surface area contributed by atoms with E-state index in [9.17, 15) is 4.79 Å². The number of carboxylic acids is 1. The highest BCUT2D eigenvalue weighted by atomic mass is 32.1. The topological polar surface area (TPSA) is 65.1 Å². The standard InChI is InChI=1S/C9H10N2O2S/c12-9(13)5-4-11-6-2-1-3-10-8(14)7(5)6/h4,11H,1-3H2,(H,10,14)(H,12,13). The van der Waals surface area contributed by atoms with Gasteiger partial charge in [-0.1, -0.05) is 12.2 Å². The number of aromatic carboxylic acids is 1. The Kier molecular flexibility index (Phi) is 2.25. The first-order chi connectivity index (χ1) is 6.70. The molecule has 0 aromatic carbocycles. The van der Waals surface area contributed by atoms with Gasteiger partial charge in [0.1, 0.15) is 4.99 Å². The summed E-state index contributed by atoms with van der Waals surface area (Å²) in [5.41, 5.74) is 1.85. The van der Waals surface area contributed by atoms with Gasteiger partial charge in [0.25, 0.3) is 0 Å². The first-order valence-corrected chi connectivity index (χ1v) is 4.82. The number of nitrogens with one attached hydrogen (secondary N) is 2. The van der Waals surface area contributed by atoms with Gasteiger partial charge in [-0.05, 0) is 12.8 Å². The third-order valence-electron chi connectivity index (χ3n) is 2.31. The maximum absolute atomic E-state index is 10.9. The van der Waals surface area contributed by atoms with Crippen LogP contribution in [0.2, 0.25) is 0 Å². The highest BCUT2D eigenvalue weighted by molar-refractivity contribution is 7.80. The molecule has 0 saturated heterocycles. The molecule has 1 aliphatic rings. The summed E-state index contributed by atoms with van der Waals surface area (Å²) in [5, 5.41) is 12.0. The number of carboxylic acid groups (broad SMARTS) is 1. The average Bonchev–Trinajstić information content (AvgIpc) is 2.48. The summed E-state index contributed by atoms with van der Waals surface area (Å²) in [6, 6.07) is 0. The summed E-state index contributed by atoms with van der Waals surface area (Å²) in [6.45, 7) is 0.806. The van der Waals surface area contributed by atoms with Crippen LogP contribution in [-0.4, -0.2) is 27.6 Å². The molecule has 1 aliphatic heterocycles. The summed E-state index contributed by atoms with van der Waals surface area (Å²) < 4.78 is 0. The van der Waals surface area contributed by atoms with Gasteiger partial charge >= 0.3 is 5.97 Å². The van der Waals surface area contributed by atoms with Gasteiger partial charge in [-0.3, -0.25) is 0 Å². The van der Waals surface area contributed by atoms with Gasteiger partial charge in [0, 0.05) is 24.0 Å². The van der Waals surface area contributed by atoms with E-state index >= 15 is 0 Å². The van der Waals surface area contributed by atoms with Crippen molar-refractivity contribution in [1.82, 2.24) is 10.3 Å². The normalized spacial score (nSPS) is 15.6. The number of aromatic amines is 1. The van der Waals surface area contributed by atoms with Crippen LogP contribution in [0.3, 0.4) is 0 Å². The molecule has 2 rings (SSSR count). The number of H-pyrrole nitrogens is 1. The largest absolute Gasteiger partial charge is 0.478 e. The van der Waals surface area contributed by atoms with E-state index in [1.807, 2.05) is 0 Å². The third kappa shape index (κ3) is 1.39. The summed E-state index contributed by atoms with van der Waals surface area (Å²) in [5.74, 6) is -0.937. The van der Waals surface area contributed by atoms with Crippen LogP contribution >= 0.6 is 12.2 Å². The van der Waals surface area contributed by atoms with Gasteiger partial charge in [0.2, 0.25) is 0 Å². The second-order valence-electron chi connectivity index (χ2n) is 3.22. The fourth-order valence-corrected chi connectivity index (χ4v) is 1.98. The van der Waals surface area contributed by atoms with Crippen molar-refractivity contribution in [1.29, 1.82) is 0 Å². The number of hydrogen-bond acceptors (Lipinski definition) is 2. The molecule has 0 bridgehead atoms. The summed E-state index contributed by atoms with van der Waals surface area (Å²) in [6.07, 6.45) is 3.31. The van der Waals surface area contributed by atoms with Crippen LogP contribution in [0.1, 0.15) is 28.0 Å². The molecule has 5 heteroatoms. The molecule has 0 saturated carbocycles. The van der Waals surface area contributed by atoms with Crippen molar-refractivity contribution in [3.8, 4) is 0 Å². The molecule has 14 heavy (non-hydrogen) atoms. The lowest BCUT2D eigenvalue weighted by Gasteiger charge is -2.03. The van der Waals surface area contributed by atoms with E-state index < -0.39 is 5.97 Å². The van der Waals surface area contributed by atoms with Crippen LogP contribution in [0.4, 0.5) is 0 Å². The molecule has 0 atom stereocenters. The summed E-state index contributed by atoms with van der Waals surface area (Å²) in [7, 11) is 0. The monoisotopic (exact) mass is 210 g/mol. The predicted molar refractivity (Wildman–Crippen MR) is 55.8 cm³/mol. The van der Waals surface area contributed by atoms with Gasteiger partial charge in [-0.25, -0.2) is 4.79 Å². The lowest BCUT2D eigenvalue weighted by Crippen LogP contribution is -2.22. The molecule has 3 N–H and O–H groups in total. The van der Waals surface area contributed by atoms with Crippen molar-refractivity contribution in [2.24, 2.45) is 0 Å². The highest BCUT2D eigenvalue weighted by Gasteiger charge is 2.21. The van der Waals surface area contributed by atoms with E-state index in [1.165, 1.54) is 6.20 Å². The van der Waals surface area contributed by atoms with Crippen molar-refractivity contribution in [2.45, 2.75) is 12.8 Å². The number of thiocarbonyl (C=S) groups is 1. The van der Waals surface area contributed by atoms with Crippen LogP contribution in [0.15, 0.2) is 6.20 Å². The van der Waals surface area contributed by atoms with Crippen LogP contribution < -0.4 is 5.32 Å². The predicted octanol–water partition coefficient (Wildman–Crippen LogP) is 0.924. The van der Waals surface area contributed by atoms with Gasteiger partial charge in [-0.15, -0.1) is 0 Å². The van der Waals surface area contributed by atoms with Crippen LogP contribution in [0.5, 0.6) is 0 Å². The van der Waals surface area contributed by atoms with Crippen molar-refractivity contribution >= 4 is 23.2 Å². The zero-order chi connectivity index (χ0) is 10.1. The number of hydrogen-bond donors (Lipinski definition) is 3. The van der Waals surface area contributed by atoms with Gasteiger partial charge in [-0.2, -0.15) is 0 Å². The Morgan fingerprint density at radius 1 is 1.57 bits per heavy atom. The SMILES string of the molecule is O=C(O)c1c[nH]c2c1C(=S)NCCC2. The molecule has 2 heterocycles. The number of fused-ring (bicyclic) bond motifs is 1. The fraction of sp³-hybridized carbons (Fsp3) is 0.333. The molecule has 1 aromatic rings. The molecule has 0 aliphatic carbocycles. The number of carbonyl (C=O) groups is 1. The number of aromatic nitrogens is 1. The molecular weight excluding hydrogens is 200 g/mol. The van der Waals surface area contributed by atoms with E-state index in [0.29, 0.717) is 10.6 Å². The summed E-state index contributed by atoms with van der Waals surface area (Å²) in [4.78, 5) is 14.4. The molecule has 0 amide bonds.